The molecular weight excluding hydrogens is 187 g/mol. The summed E-state index contributed by atoms with van der Waals surface area (Å²) in [5.74, 6) is -0.233. The predicted molar refractivity (Wildman–Crippen MR) is 54.4 cm³/mol. The predicted octanol–water partition coefficient (Wildman–Crippen LogP) is 4.07. The third kappa shape index (κ3) is 3.19. The van der Waals surface area contributed by atoms with Crippen molar-refractivity contribution in [3.8, 4) is 0 Å². The van der Waals surface area contributed by atoms with Gasteiger partial charge in [-0.25, -0.2) is 4.39 Å². The number of alkyl halides is 1. The van der Waals surface area contributed by atoms with E-state index in [9.17, 15) is 4.39 Å². The molecule has 0 heterocycles. The Morgan fingerprint density at radius 1 is 1.46 bits per heavy atom. The lowest BCUT2D eigenvalue weighted by atomic mass is 10.1. The van der Waals surface area contributed by atoms with E-state index in [0.717, 1.165) is 17.6 Å². The molecule has 0 aliphatic rings. The topological polar surface area (TPSA) is 0 Å². The number of halogens is 2. The molecule has 1 aromatic carbocycles. The van der Waals surface area contributed by atoms with Gasteiger partial charge < -0.3 is 0 Å². The Labute approximate surface area is 83.0 Å². The molecule has 0 bridgehead atoms. The van der Waals surface area contributed by atoms with E-state index < -0.39 is 0 Å². The maximum Gasteiger partial charge on any atom is 0.123 e. The van der Waals surface area contributed by atoms with Gasteiger partial charge in [0, 0.05) is 0 Å². The standard InChI is InChI=1S/C11H12ClF/c1-8(2)7-11(12)9-3-5-10(13)6-4-9/h3-6,11H,1,7H2,2H3. The van der Waals surface area contributed by atoms with Crippen LogP contribution >= 0.6 is 11.6 Å². The van der Waals surface area contributed by atoms with Crippen molar-refractivity contribution in [1.82, 2.24) is 0 Å². The van der Waals surface area contributed by atoms with Gasteiger partial charge in [-0.05, 0) is 31.0 Å². The molecule has 0 spiro atoms. The van der Waals surface area contributed by atoms with E-state index in [4.69, 9.17) is 11.6 Å². The highest BCUT2D eigenvalue weighted by Gasteiger charge is 2.07. The quantitative estimate of drug-likeness (QED) is 0.507. The lowest BCUT2D eigenvalue weighted by molar-refractivity contribution is 0.626. The van der Waals surface area contributed by atoms with Crippen LogP contribution in [0.4, 0.5) is 4.39 Å². The maximum atomic E-state index is 12.6. The van der Waals surface area contributed by atoms with E-state index in [2.05, 4.69) is 6.58 Å². The molecule has 1 unspecified atom stereocenters. The molecule has 70 valence electrons. The third-order valence-electron chi connectivity index (χ3n) is 1.76. The summed E-state index contributed by atoms with van der Waals surface area (Å²) >= 11 is 6.07. The first-order valence-corrected chi connectivity index (χ1v) is 4.57. The van der Waals surface area contributed by atoms with Crippen molar-refractivity contribution in [3.05, 3.63) is 47.8 Å². The average molecular weight is 199 g/mol. The highest BCUT2D eigenvalue weighted by molar-refractivity contribution is 6.20. The highest BCUT2D eigenvalue weighted by atomic mass is 35.5. The van der Waals surface area contributed by atoms with Crippen molar-refractivity contribution >= 4 is 11.6 Å². The highest BCUT2D eigenvalue weighted by Crippen LogP contribution is 2.26. The molecule has 2 heteroatoms. The molecule has 0 N–H and O–H groups in total. The van der Waals surface area contributed by atoms with Crippen molar-refractivity contribution in [3.63, 3.8) is 0 Å². The summed E-state index contributed by atoms with van der Waals surface area (Å²) < 4.78 is 12.6. The monoisotopic (exact) mass is 198 g/mol. The van der Waals surface area contributed by atoms with Gasteiger partial charge >= 0.3 is 0 Å². The minimum absolute atomic E-state index is 0.0990. The molecule has 0 nitrogen and oxygen atoms in total. The van der Waals surface area contributed by atoms with Crippen LogP contribution < -0.4 is 0 Å². The normalized spacial score (nSPS) is 12.5. The maximum absolute atomic E-state index is 12.6. The minimum Gasteiger partial charge on any atom is -0.207 e. The first kappa shape index (κ1) is 10.3. The summed E-state index contributed by atoms with van der Waals surface area (Å²) in [5.41, 5.74) is 1.97. The van der Waals surface area contributed by atoms with E-state index in [1.165, 1.54) is 12.1 Å². The zero-order valence-electron chi connectivity index (χ0n) is 7.56. The van der Waals surface area contributed by atoms with Gasteiger partial charge in [0.05, 0.1) is 5.38 Å². The zero-order chi connectivity index (χ0) is 9.84. The zero-order valence-corrected chi connectivity index (χ0v) is 8.31. The molecule has 1 atom stereocenters. The van der Waals surface area contributed by atoms with Crippen molar-refractivity contribution < 1.29 is 4.39 Å². The Bertz CT molecular complexity index is 289. The second kappa shape index (κ2) is 4.43. The molecule has 0 aromatic heterocycles. The molecule has 1 rings (SSSR count). The molecular formula is C11H12ClF. The second-order valence-electron chi connectivity index (χ2n) is 3.18. The van der Waals surface area contributed by atoms with Crippen LogP contribution in [0.3, 0.4) is 0 Å². The van der Waals surface area contributed by atoms with Crippen LogP contribution in [0.15, 0.2) is 36.4 Å². The van der Waals surface area contributed by atoms with Crippen LogP contribution in [-0.4, -0.2) is 0 Å². The SMILES string of the molecule is C=C(C)CC(Cl)c1ccc(F)cc1. The second-order valence-corrected chi connectivity index (χ2v) is 3.71. The Balaban J connectivity index is 2.71. The largest absolute Gasteiger partial charge is 0.207 e. The van der Waals surface area contributed by atoms with Crippen molar-refractivity contribution in [2.24, 2.45) is 0 Å². The Morgan fingerprint density at radius 3 is 2.46 bits per heavy atom. The summed E-state index contributed by atoms with van der Waals surface area (Å²) in [6, 6.07) is 6.25. The summed E-state index contributed by atoms with van der Waals surface area (Å²) in [5, 5.41) is -0.0990. The number of allylic oxidation sites excluding steroid dienone is 1. The first-order chi connectivity index (χ1) is 6.09. The smallest absolute Gasteiger partial charge is 0.123 e. The van der Waals surface area contributed by atoms with Gasteiger partial charge in [0.25, 0.3) is 0 Å². The van der Waals surface area contributed by atoms with Crippen LogP contribution in [0.5, 0.6) is 0 Å². The van der Waals surface area contributed by atoms with Gasteiger partial charge in [-0.15, -0.1) is 18.2 Å². The van der Waals surface area contributed by atoms with Gasteiger partial charge in [-0.1, -0.05) is 17.7 Å². The van der Waals surface area contributed by atoms with Gasteiger partial charge in [0.2, 0.25) is 0 Å². The number of benzene rings is 1. The first-order valence-electron chi connectivity index (χ1n) is 4.13. The summed E-state index contributed by atoms with van der Waals surface area (Å²) in [7, 11) is 0. The fraction of sp³-hybridized carbons (Fsp3) is 0.273. The summed E-state index contributed by atoms with van der Waals surface area (Å²) in [6.45, 7) is 5.71. The van der Waals surface area contributed by atoms with E-state index in [1.807, 2.05) is 6.92 Å². The molecule has 0 aliphatic carbocycles. The molecule has 0 amide bonds. The fourth-order valence-electron chi connectivity index (χ4n) is 1.10. The van der Waals surface area contributed by atoms with Gasteiger partial charge in [-0.3, -0.25) is 0 Å². The average Bonchev–Trinajstić information content (AvgIpc) is 2.04. The van der Waals surface area contributed by atoms with Crippen LogP contribution in [0.2, 0.25) is 0 Å². The Morgan fingerprint density at radius 2 is 2.00 bits per heavy atom. The van der Waals surface area contributed by atoms with Crippen LogP contribution in [-0.2, 0) is 0 Å². The Hall–Kier alpha value is -0.820. The summed E-state index contributed by atoms with van der Waals surface area (Å²) in [6.07, 6.45) is 0.729. The molecule has 1 aromatic rings. The Kier molecular flexibility index (Phi) is 3.49. The molecule has 0 radical (unpaired) electrons. The van der Waals surface area contributed by atoms with E-state index in [0.29, 0.717) is 0 Å². The van der Waals surface area contributed by atoms with Crippen molar-refractivity contribution in [2.75, 3.05) is 0 Å². The van der Waals surface area contributed by atoms with Crippen molar-refractivity contribution in [2.45, 2.75) is 18.7 Å². The summed E-state index contributed by atoms with van der Waals surface area (Å²) in [4.78, 5) is 0. The number of hydrogen-bond acceptors (Lipinski definition) is 0. The third-order valence-corrected chi connectivity index (χ3v) is 2.17. The fourth-order valence-corrected chi connectivity index (χ4v) is 1.50. The van der Waals surface area contributed by atoms with Crippen LogP contribution in [0.1, 0.15) is 24.3 Å². The lowest BCUT2D eigenvalue weighted by Gasteiger charge is -2.08. The molecule has 0 fully saturated rings. The molecule has 0 saturated heterocycles. The van der Waals surface area contributed by atoms with Crippen LogP contribution in [0.25, 0.3) is 0 Å². The van der Waals surface area contributed by atoms with E-state index in [-0.39, 0.29) is 11.2 Å². The molecule has 0 saturated carbocycles. The molecule has 0 aliphatic heterocycles. The van der Waals surface area contributed by atoms with E-state index in [1.54, 1.807) is 12.1 Å². The number of rotatable bonds is 3. The van der Waals surface area contributed by atoms with Gasteiger partial charge in [-0.2, -0.15) is 0 Å². The van der Waals surface area contributed by atoms with Gasteiger partial charge in [0.1, 0.15) is 5.82 Å². The van der Waals surface area contributed by atoms with Crippen LogP contribution in [0, 0.1) is 5.82 Å². The number of hydrogen-bond donors (Lipinski definition) is 0. The minimum atomic E-state index is -0.233. The van der Waals surface area contributed by atoms with Gasteiger partial charge in [0.15, 0.2) is 0 Å². The molecule has 13 heavy (non-hydrogen) atoms. The lowest BCUT2D eigenvalue weighted by Crippen LogP contribution is -1.91. The van der Waals surface area contributed by atoms with Crippen molar-refractivity contribution in [1.29, 1.82) is 0 Å². The van der Waals surface area contributed by atoms with E-state index >= 15 is 0 Å².